The number of benzene rings is 3. The Kier molecular flexibility index (Phi) is 8.13. The van der Waals surface area contributed by atoms with Crippen LogP contribution in [0, 0.1) is 17.6 Å². The Morgan fingerprint density at radius 3 is 1.81 bits per heavy atom. The number of rotatable bonds is 7. The molecule has 1 amide bonds. The van der Waals surface area contributed by atoms with E-state index < -0.39 is 17.6 Å². The first kappa shape index (κ1) is 26.1. The molecule has 3 aromatic carbocycles. The fraction of sp³-hybridized carbons (Fsp3) is 0.367. The van der Waals surface area contributed by atoms with Crippen LogP contribution >= 0.6 is 23.2 Å². The first-order valence-electron chi connectivity index (χ1n) is 12.9. The van der Waals surface area contributed by atoms with E-state index in [1.165, 1.54) is 18.6 Å². The number of carbonyl (C=O) groups is 1. The zero-order valence-corrected chi connectivity index (χ0v) is 22.0. The van der Waals surface area contributed by atoms with Crippen molar-refractivity contribution in [3.63, 3.8) is 0 Å². The van der Waals surface area contributed by atoms with Gasteiger partial charge in [0.15, 0.2) is 0 Å². The summed E-state index contributed by atoms with van der Waals surface area (Å²) in [5.74, 6) is -2.17. The molecule has 1 aliphatic carbocycles. The van der Waals surface area contributed by atoms with Crippen molar-refractivity contribution in [2.24, 2.45) is 5.92 Å². The molecule has 0 aromatic heterocycles. The third kappa shape index (κ3) is 6.17. The van der Waals surface area contributed by atoms with Gasteiger partial charge in [0.1, 0.15) is 11.6 Å². The molecule has 1 saturated carbocycles. The van der Waals surface area contributed by atoms with Crippen molar-refractivity contribution in [2.75, 3.05) is 13.1 Å². The molecule has 0 unspecified atom stereocenters. The van der Waals surface area contributed by atoms with Gasteiger partial charge in [-0.1, -0.05) is 66.7 Å². The summed E-state index contributed by atoms with van der Waals surface area (Å²) in [6.45, 7) is 1.22. The Hall–Kier alpha value is -2.47. The van der Waals surface area contributed by atoms with E-state index in [9.17, 15) is 13.6 Å². The van der Waals surface area contributed by atoms with Crippen LogP contribution in [-0.2, 0) is 4.79 Å². The predicted octanol–water partition coefficient (Wildman–Crippen LogP) is 7.53. The summed E-state index contributed by atoms with van der Waals surface area (Å²) < 4.78 is 28.4. The van der Waals surface area contributed by atoms with Crippen LogP contribution in [0.1, 0.15) is 60.8 Å². The summed E-state index contributed by atoms with van der Waals surface area (Å²) in [5.41, 5.74) is 2.54. The van der Waals surface area contributed by atoms with E-state index in [0.29, 0.717) is 28.7 Å². The van der Waals surface area contributed by atoms with Crippen molar-refractivity contribution in [3.05, 3.63) is 105 Å². The van der Waals surface area contributed by atoms with Crippen LogP contribution in [0.5, 0.6) is 0 Å². The highest BCUT2D eigenvalue weighted by Crippen LogP contribution is 2.41. The summed E-state index contributed by atoms with van der Waals surface area (Å²) in [4.78, 5) is 15.8. The third-order valence-electron chi connectivity index (χ3n) is 7.62. The second-order valence-electron chi connectivity index (χ2n) is 10.2. The molecule has 1 aliphatic heterocycles. The van der Waals surface area contributed by atoms with Gasteiger partial charge in [0.05, 0.1) is 12.0 Å². The van der Waals surface area contributed by atoms with Gasteiger partial charge in [-0.05, 0) is 65.9 Å². The number of hydrogen-bond donors (Lipinski definition) is 1. The zero-order valence-electron chi connectivity index (χ0n) is 20.5. The van der Waals surface area contributed by atoms with E-state index in [1.807, 2.05) is 48.5 Å². The lowest BCUT2D eigenvalue weighted by Crippen LogP contribution is -2.54. The molecule has 37 heavy (non-hydrogen) atoms. The summed E-state index contributed by atoms with van der Waals surface area (Å²) in [6, 6.07) is 19.0. The van der Waals surface area contributed by atoms with Crippen molar-refractivity contribution >= 4 is 29.1 Å². The highest BCUT2D eigenvalue weighted by molar-refractivity contribution is 6.30. The molecule has 1 saturated heterocycles. The van der Waals surface area contributed by atoms with E-state index in [2.05, 4.69) is 10.2 Å². The van der Waals surface area contributed by atoms with Gasteiger partial charge in [0.25, 0.3) is 0 Å². The monoisotopic (exact) mass is 542 g/mol. The lowest BCUT2D eigenvalue weighted by atomic mass is 9.78. The van der Waals surface area contributed by atoms with Gasteiger partial charge in [-0.2, -0.15) is 0 Å². The lowest BCUT2D eigenvalue weighted by molar-refractivity contribution is -0.126. The second-order valence-corrected chi connectivity index (χ2v) is 11.1. The molecule has 3 aromatic rings. The molecule has 1 heterocycles. The van der Waals surface area contributed by atoms with Gasteiger partial charge in [-0.25, -0.2) is 8.78 Å². The highest BCUT2D eigenvalue weighted by atomic mass is 35.5. The average molecular weight is 543 g/mol. The third-order valence-corrected chi connectivity index (χ3v) is 8.13. The molecule has 5 rings (SSSR count). The van der Waals surface area contributed by atoms with Crippen molar-refractivity contribution in [3.8, 4) is 0 Å². The summed E-state index contributed by atoms with van der Waals surface area (Å²) in [5, 5.41) is 4.51. The van der Waals surface area contributed by atoms with Crippen LogP contribution in [0.3, 0.4) is 0 Å². The summed E-state index contributed by atoms with van der Waals surface area (Å²) in [7, 11) is 0. The van der Waals surface area contributed by atoms with Crippen molar-refractivity contribution in [1.29, 1.82) is 0 Å². The van der Waals surface area contributed by atoms with Gasteiger partial charge in [-0.3, -0.25) is 9.69 Å². The maximum atomic E-state index is 14.2. The number of likely N-dealkylation sites (tertiary alicyclic amines) is 1. The first-order valence-corrected chi connectivity index (χ1v) is 13.6. The quantitative estimate of drug-likeness (QED) is 0.334. The molecular formula is C30H30Cl2F2N2O. The smallest absolute Gasteiger partial charge is 0.228 e. The number of amides is 1. The lowest BCUT2D eigenvalue weighted by Gasteiger charge is -2.47. The average Bonchev–Trinajstić information content (AvgIpc) is 2.84. The highest BCUT2D eigenvalue weighted by Gasteiger charge is 2.42. The molecule has 194 valence electrons. The molecule has 3 nitrogen and oxygen atoms in total. The Morgan fingerprint density at radius 2 is 1.30 bits per heavy atom. The van der Waals surface area contributed by atoms with Crippen LogP contribution < -0.4 is 5.32 Å². The minimum absolute atomic E-state index is 0.0583. The van der Waals surface area contributed by atoms with Gasteiger partial charge < -0.3 is 5.32 Å². The Balaban J connectivity index is 1.41. The van der Waals surface area contributed by atoms with Gasteiger partial charge in [0.2, 0.25) is 5.91 Å². The minimum atomic E-state index is -0.665. The van der Waals surface area contributed by atoms with Crippen LogP contribution in [0.4, 0.5) is 8.78 Å². The zero-order chi connectivity index (χ0) is 25.9. The maximum absolute atomic E-state index is 14.2. The molecule has 7 heteroatoms. The van der Waals surface area contributed by atoms with E-state index in [-0.39, 0.29) is 23.9 Å². The summed E-state index contributed by atoms with van der Waals surface area (Å²) in [6.07, 6.45) is 5.25. The van der Waals surface area contributed by atoms with E-state index in [0.717, 1.165) is 42.9 Å². The van der Waals surface area contributed by atoms with Gasteiger partial charge in [0, 0.05) is 41.2 Å². The minimum Gasteiger partial charge on any atom is -0.353 e. The molecule has 0 bridgehead atoms. The van der Waals surface area contributed by atoms with Crippen LogP contribution in [0.2, 0.25) is 10.0 Å². The van der Waals surface area contributed by atoms with Crippen molar-refractivity contribution in [2.45, 2.75) is 50.1 Å². The predicted molar refractivity (Wildman–Crippen MR) is 144 cm³/mol. The van der Waals surface area contributed by atoms with Crippen LogP contribution in [0.25, 0.3) is 0 Å². The number of nitrogens with one attached hydrogen (secondary N) is 1. The largest absolute Gasteiger partial charge is 0.353 e. The van der Waals surface area contributed by atoms with E-state index in [4.69, 9.17) is 23.2 Å². The number of carbonyl (C=O) groups excluding carboxylic acids is 1. The van der Waals surface area contributed by atoms with Crippen molar-refractivity contribution in [1.82, 2.24) is 10.2 Å². The van der Waals surface area contributed by atoms with Gasteiger partial charge in [-0.15, -0.1) is 0 Å². The Labute approximate surface area is 226 Å². The summed E-state index contributed by atoms with van der Waals surface area (Å²) >= 11 is 12.3. The second kappa shape index (κ2) is 11.5. The molecule has 2 fully saturated rings. The fourth-order valence-corrected chi connectivity index (χ4v) is 6.06. The van der Waals surface area contributed by atoms with Crippen LogP contribution in [0.15, 0.2) is 66.7 Å². The first-order chi connectivity index (χ1) is 17.9. The van der Waals surface area contributed by atoms with Crippen LogP contribution in [-0.4, -0.2) is 29.9 Å². The fourth-order valence-electron chi connectivity index (χ4n) is 5.81. The van der Waals surface area contributed by atoms with E-state index in [1.54, 1.807) is 0 Å². The van der Waals surface area contributed by atoms with E-state index >= 15 is 0 Å². The molecule has 1 N–H and O–H groups in total. The SMILES string of the molecule is O=C(NC1CCCCC1)[C@H](c1cc(F)cc(F)c1)C1CN(C(c2ccc(Cl)cc2)c2ccc(Cl)cc2)C1. The number of hydrogen-bond acceptors (Lipinski definition) is 2. The topological polar surface area (TPSA) is 32.3 Å². The number of nitrogens with zero attached hydrogens (tertiary/aromatic N) is 1. The standard InChI is InChI=1S/C30H30Cl2F2N2O/c31-23-10-6-19(7-11-23)29(20-8-12-24(32)13-9-20)36-17-22(18-36)28(21-14-25(33)16-26(34)15-21)30(37)35-27-4-2-1-3-5-27/h6-16,22,27-29H,1-5,17-18H2,(H,35,37)/t28-/m1/s1. The molecule has 0 spiro atoms. The maximum Gasteiger partial charge on any atom is 0.228 e. The molecule has 1 atom stereocenters. The van der Waals surface area contributed by atoms with Gasteiger partial charge >= 0.3 is 0 Å². The molecule has 0 radical (unpaired) electrons. The molecule has 2 aliphatic rings. The Morgan fingerprint density at radius 1 is 0.784 bits per heavy atom. The number of halogens is 4. The molecular weight excluding hydrogens is 513 g/mol. The van der Waals surface area contributed by atoms with Crippen molar-refractivity contribution < 1.29 is 13.6 Å². The Bertz CT molecular complexity index is 1160. The normalized spacial score (nSPS) is 18.0.